The molecule has 2 nitrogen and oxygen atoms in total. The first kappa shape index (κ1) is 17.4. The van der Waals surface area contributed by atoms with E-state index in [9.17, 15) is 0 Å². The molecule has 2 N–H and O–H groups in total. The third-order valence-electron chi connectivity index (χ3n) is 1.40. The van der Waals surface area contributed by atoms with Crippen molar-refractivity contribution >= 4 is 0 Å². The minimum absolute atomic E-state index is 0.602. The molecule has 0 aliphatic rings. The summed E-state index contributed by atoms with van der Waals surface area (Å²) in [7, 11) is 0. The van der Waals surface area contributed by atoms with E-state index in [4.69, 9.17) is 10.5 Å². The molecule has 0 bridgehead atoms. The molecule has 1 aromatic rings. The predicted octanol–water partition coefficient (Wildman–Crippen LogP) is 4.12. The van der Waals surface area contributed by atoms with Crippen LogP contribution in [0.15, 0.2) is 24.3 Å². The number of nitrogens with two attached hydrogens (primary N) is 1. The van der Waals surface area contributed by atoms with Gasteiger partial charge in [0.1, 0.15) is 5.75 Å². The molecule has 0 aliphatic heterocycles. The molecule has 0 fully saturated rings. The van der Waals surface area contributed by atoms with E-state index in [0.717, 1.165) is 5.75 Å². The fraction of sp³-hybridized carbons (Fsp3) is 0.571. The van der Waals surface area contributed by atoms with Crippen LogP contribution in [0.3, 0.4) is 0 Å². The van der Waals surface area contributed by atoms with Crippen molar-refractivity contribution in [2.45, 2.75) is 54.2 Å². The van der Waals surface area contributed by atoms with E-state index < -0.39 is 5.72 Å². The van der Waals surface area contributed by atoms with Crippen LogP contribution in [0.1, 0.15) is 47.1 Å². The summed E-state index contributed by atoms with van der Waals surface area (Å²) in [6.45, 7) is 13.7. The van der Waals surface area contributed by atoms with Crippen LogP contribution in [-0.4, -0.2) is 5.72 Å². The van der Waals surface area contributed by atoms with Crippen molar-refractivity contribution in [1.29, 1.82) is 0 Å². The van der Waals surface area contributed by atoms with Gasteiger partial charge in [0.2, 0.25) is 0 Å². The Kier molecular flexibility index (Phi) is 10.0. The predicted molar refractivity (Wildman–Crippen MR) is 72.8 cm³/mol. The zero-order valence-corrected chi connectivity index (χ0v) is 11.8. The highest BCUT2D eigenvalue weighted by Crippen LogP contribution is 2.15. The first-order valence-electron chi connectivity index (χ1n) is 6.02. The Bertz CT molecular complexity index is 246. The number of rotatable bonds is 2. The van der Waals surface area contributed by atoms with Crippen LogP contribution in [0.5, 0.6) is 5.75 Å². The molecule has 0 amide bonds. The molecular weight excluding hydrogens is 198 g/mol. The summed E-state index contributed by atoms with van der Waals surface area (Å²) in [4.78, 5) is 0. The molecule has 0 atom stereocenters. The van der Waals surface area contributed by atoms with Gasteiger partial charge < -0.3 is 4.74 Å². The molecule has 16 heavy (non-hydrogen) atoms. The van der Waals surface area contributed by atoms with Crippen LogP contribution in [0.4, 0.5) is 0 Å². The average Bonchev–Trinajstić information content (AvgIpc) is 2.25. The van der Waals surface area contributed by atoms with Crippen molar-refractivity contribution < 1.29 is 4.74 Å². The third-order valence-corrected chi connectivity index (χ3v) is 1.40. The first-order valence-corrected chi connectivity index (χ1v) is 6.02. The average molecular weight is 225 g/mol. The third kappa shape index (κ3) is 9.53. The second-order valence-corrected chi connectivity index (χ2v) is 3.52. The standard InChI is InChI=1S/C10H15NO.2C2H6/c1-8-4-6-9(7-5-8)12-10(2,3)11;2*1-2/h4-7H,11H2,1-3H3;2*1-2H3. The molecule has 0 saturated heterocycles. The number of benzene rings is 1. The summed E-state index contributed by atoms with van der Waals surface area (Å²) in [5, 5.41) is 0. The summed E-state index contributed by atoms with van der Waals surface area (Å²) < 4.78 is 5.43. The van der Waals surface area contributed by atoms with E-state index in [1.165, 1.54) is 5.56 Å². The maximum atomic E-state index is 5.68. The van der Waals surface area contributed by atoms with E-state index in [2.05, 4.69) is 0 Å². The SMILES string of the molecule is CC.CC.Cc1ccc(OC(C)(C)N)cc1. The summed E-state index contributed by atoms with van der Waals surface area (Å²) in [6, 6.07) is 7.84. The Morgan fingerprint density at radius 3 is 1.62 bits per heavy atom. The number of hydrogen-bond donors (Lipinski definition) is 1. The van der Waals surface area contributed by atoms with Crippen molar-refractivity contribution in [2.24, 2.45) is 5.73 Å². The minimum Gasteiger partial charge on any atom is -0.474 e. The zero-order valence-electron chi connectivity index (χ0n) is 11.8. The summed E-state index contributed by atoms with van der Waals surface area (Å²) in [5.41, 5.74) is 6.30. The van der Waals surface area contributed by atoms with Gasteiger partial charge in [-0.3, -0.25) is 5.73 Å². The van der Waals surface area contributed by atoms with Crippen LogP contribution in [0, 0.1) is 6.92 Å². The van der Waals surface area contributed by atoms with Crippen LogP contribution in [-0.2, 0) is 0 Å². The van der Waals surface area contributed by atoms with Crippen molar-refractivity contribution in [2.75, 3.05) is 0 Å². The number of hydrogen-bond acceptors (Lipinski definition) is 2. The lowest BCUT2D eigenvalue weighted by Gasteiger charge is -2.20. The molecule has 0 aliphatic carbocycles. The number of aryl methyl sites for hydroxylation is 1. The van der Waals surface area contributed by atoms with Crippen LogP contribution < -0.4 is 10.5 Å². The summed E-state index contributed by atoms with van der Waals surface area (Å²) in [5.74, 6) is 0.813. The van der Waals surface area contributed by atoms with Crippen LogP contribution in [0.25, 0.3) is 0 Å². The highest BCUT2D eigenvalue weighted by molar-refractivity contribution is 5.26. The monoisotopic (exact) mass is 225 g/mol. The molecule has 0 saturated carbocycles. The Labute approximate surface area is 101 Å². The van der Waals surface area contributed by atoms with E-state index in [1.54, 1.807) is 0 Å². The lowest BCUT2D eigenvalue weighted by Crippen LogP contribution is -2.38. The molecule has 94 valence electrons. The molecule has 0 aromatic heterocycles. The van der Waals surface area contributed by atoms with Crippen molar-refractivity contribution in [3.05, 3.63) is 29.8 Å². The highest BCUT2D eigenvalue weighted by atomic mass is 16.5. The second kappa shape index (κ2) is 9.22. The molecule has 0 unspecified atom stereocenters. The van der Waals surface area contributed by atoms with Gasteiger partial charge in [0.15, 0.2) is 5.72 Å². The van der Waals surface area contributed by atoms with Gasteiger partial charge in [0, 0.05) is 0 Å². The fourth-order valence-electron chi connectivity index (χ4n) is 0.910. The quantitative estimate of drug-likeness (QED) is 0.768. The number of ether oxygens (including phenoxy) is 1. The van der Waals surface area contributed by atoms with E-state index >= 15 is 0 Å². The molecular formula is C14H27NO. The molecule has 0 heterocycles. The van der Waals surface area contributed by atoms with E-state index in [-0.39, 0.29) is 0 Å². The van der Waals surface area contributed by atoms with Crippen LogP contribution in [0.2, 0.25) is 0 Å². The van der Waals surface area contributed by atoms with E-state index in [1.807, 2.05) is 72.7 Å². The van der Waals surface area contributed by atoms with Crippen molar-refractivity contribution in [1.82, 2.24) is 0 Å². The van der Waals surface area contributed by atoms with Crippen molar-refractivity contribution in [3.63, 3.8) is 0 Å². The summed E-state index contributed by atoms with van der Waals surface area (Å²) in [6.07, 6.45) is 0. The topological polar surface area (TPSA) is 35.2 Å². The maximum absolute atomic E-state index is 5.68. The van der Waals surface area contributed by atoms with Gasteiger partial charge in [-0.2, -0.15) is 0 Å². The Morgan fingerprint density at radius 2 is 1.31 bits per heavy atom. The molecule has 0 radical (unpaired) electrons. The fourth-order valence-corrected chi connectivity index (χ4v) is 0.910. The Morgan fingerprint density at radius 1 is 0.938 bits per heavy atom. The minimum atomic E-state index is -0.602. The zero-order chi connectivity index (χ0) is 13.2. The molecule has 2 heteroatoms. The van der Waals surface area contributed by atoms with Gasteiger partial charge in [-0.15, -0.1) is 0 Å². The van der Waals surface area contributed by atoms with Gasteiger partial charge in [-0.1, -0.05) is 45.4 Å². The Hall–Kier alpha value is -1.02. The largest absolute Gasteiger partial charge is 0.474 e. The Balaban J connectivity index is 0. The molecule has 1 aromatic carbocycles. The van der Waals surface area contributed by atoms with Crippen molar-refractivity contribution in [3.8, 4) is 5.75 Å². The van der Waals surface area contributed by atoms with Gasteiger partial charge in [0.25, 0.3) is 0 Å². The molecule has 1 rings (SSSR count). The van der Waals surface area contributed by atoms with E-state index in [0.29, 0.717) is 0 Å². The molecule has 0 spiro atoms. The van der Waals surface area contributed by atoms with Gasteiger partial charge in [-0.25, -0.2) is 0 Å². The van der Waals surface area contributed by atoms with Gasteiger partial charge >= 0.3 is 0 Å². The van der Waals surface area contributed by atoms with Gasteiger partial charge in [0.05, 0.1) is 0 Å². The highest BCUT2D eigenvalue weighted by Gasteiger charge is 2.11. The smallest absolute Gasteiger partial charge is 0.152 e. The lowest BCUT2D eigenvalue weighted by molar-refractivity contribution is 0.117. The first-order chi connectivity index (χ1) is 7.47. The normalized spacial score (nSPS) is 9.25. The second-order valence-electron chi connectivity index (χ2n) is 3.52. The summed E-state index contributed by atoms with van der Waals surface area (Å²) >= 11 is 0. The lowest BCUT2D eigenvalue weighted by atomic mass is 10.2. The maximum Gasteiger partial charge on any atom is 0.152 e. The van der Waals surface area contributed by atoms with Gasteiger partial charge in [-0.05, 0) is 32.9 Å². The van der Waals surface area contributed by atoms with Crippen LogP contribution >= 0.6 is 0 Å².